The minimum Gasteiger partial charge on any atom is -0.479 e. The third kappa shape index (κ3) is 6.24. The van der Waals surface area contributed by atoms with Crippen LogP contribution < -0.4 is 15.6 Å². The predicted molar refractivity (Wildman–Crippen MR) is 139 cm³/mol. The number of methoxy groups -OCH3 is 2. The first-order valence-electron chi connectivity index (χ1n) is 11.9. The van der Waals surface area contributed by atoms with Gasteiger partial charge in [0.05, 0.1) is 45.4 Å². The molecule has 3 heterocycles. The summed E-state index contributed by atoms with van der Waals surface area (Å²) in [4.78, 5) is 24.6. The van der Waals surface area contributed by atoms with E-state index in [1.54, 1.807) is 29.7 Å². The summed E-state index contributed by atoms with van der Waals surface area (Å²) in [6, 6.07) is 1.30. The van der Waals surface area contributed by atoms with E-state index in [0.717, 1.165) is 0 Å². The van der Waals surface area contributed by atoms with Crippen LogP contribution in [-0.4, -0.2) is 64.6 Å². The number of nitrogens with zero attached hydrogens (tertiary/aromatic N) is 5. The van der Waals surface area contributed by atoms with Crippen LogP contribution in [-0.2, 0) is 27.9 Å². The molecular weight excluding hydrogens is 553 g/mol. The number of fused-ring (bicyclic) bond motifs is 1. The van der Waals surface area contributed by atoms with E-state index >= 15 is 0 Å². The molecule has 0 aromatic carbocycles. The SMILES string of the molecule is COC(=O)C(C)NP(=O)(OCC1CC(C)(C#N)C(n2cnc3c(OC)nc(N)nc32)O1)OC1C=CC(Cl)=CC1. The molecule has 6 unspecified atom stereocenters. The van der Waals surface area contributed by atoms with E-state index in [2.05, 4.69) is 26.1 Å². The number of carbonyl (C=O) groups excluding carboxylic acids is 1. The molecule has 14 nitrogen and oxygen atoms in total. The van der Waals surface area contributed by atoms with Crippen molar-refractivity contribution in [3.8, 4) is 11.9 Å². The van der Waals surface area contributed by atoms with Crippen LogP contribution in [0.1, 0.15) is 32.9 Å². The monoisotopic (exact) mass is 581 g/mol. The van der Waals surface area contributed by atoms with Gasteiger partial charge in [-0.25, -0.2) is 14.6 Å². The Labute approximate surface area is 229 Å². The highest BCUT2D eigenvalue weighted by molar-refractivity contribution is 7.51. The lowest BCUT2D eigenvalue weighted by molar-refractivity contribution is -0.142. The molecule has 1 saturated heterocycles. The van der Waals surface area contributed by atoms with Gasteiger partial charge in [-0.1, -0.05) is 23.8 Å². The Balaban J connectivity index is 1.54. The number of esters is 1. The zero-order chi connectivity index (χ0) is 28.4. The molecule has 210 valence electrons. The number of carbonyl (C=O) groups is 1. The van der Waals surface area contributed by atoms with Gasteiger partial charge in [0.2, 0.25) is 11.8 Å². The first-order chi connectivity index (χ1) is 18.5. The molecule has 1 aliphatic heterocycles. The van der Waals surface area contributed by atoms with Crippen molar-refractivity contribution in [1.29, 1.82) is 5.26 Å². The fourth-order valence-corrected chi connectivity index (χ4v) is 6.14. The van der Waals surface area contributed by atoms with Gasteiger partial charge in [-0.2, -0.15) is 15.2 Å². The van der Waals surface area contributed by atoms with Gasteiger partial charge in [0.15, 0.2) is 17.4 Å². The Kier molecular flexibility index (Phi) is 8.60. The smallest absolute Gasteiger partial charge is 0.406 e. The lowest BCUT2D eigenvalue weighted by Crippen LogP contribution is -2.35. The summed E-state index contributed by atoms with van der Waals surface area (Å²) in [6.07, 6.45) is 4.88. The van der Waals surface area contributed by atoms with Gasteiger partial charge in [-0.15, -0.1) is 0 Å². The van der Waals surface area contributed by atoms with Crippen molar-refractivity contribution in [2.45, 2.75) is 51.2 Å². The summed E-state index contributed by atoms with van der Waals surface area (Å²) >= 11 is 5.97. The molecule has 3 N–H and O–H groups in total. The standard InChI is InChI=1S/C23H29ClN7O7P/c1-13(20(32)35-4)30-39(33,38-15-7-5-14(24)6-8-15)36-10-16-9-23(2,11-25)21(37-16)31-12-27-17-18(31)28-22(26)29-19(17)34-3/h5-7,12-13,15-16,21H,8-10H2,1-4H3,(H,30,33)(H2,26,28,29). The van der Waals surface area contributed by atoms with E-state index in [9.17, 15) is 14.6 Å². The molecule has 2 aliphatic rings. The summed E-state index contributed by atoms with van der Waals surface area (Å²) < 4.78 is 43.0. The van der Waals surface area contributed by atoms with Crippen molar-refractivity contribution < 1.29 is 32.6 Å². The largest absolute Gasteiger partial charge is 0.479 e. The zero-order valence-electron chi connectivity index (χ0n) is 21.7. The number of anilines is 1. The summed E-state index contributed by atoms with van der Waals surface area (Å²) in [5.41, 5.74) is 5.47. The van der Waals surface area contributed by atoms with E-state index in [-0.39, 0.29) is 24.9 Å². The van der Waals surface area contributed by atoms with Crippen molar-refractivity contribution in [2.75, 3.05) is 26.6 Å². The van der Waals surface area contributed by atoms with Crippen molar-refractivity contribution in [3.63, 3.8) is 0 Å². The van der Waals surface area contributed by atoms with Crippen LogP contribution in [0.4, 0.5) is 5.95 Å². The van der Waals surface area contributed by atoms with Crippen LogP contribution in [0.15, 0.2) is 29.6 Å². The van der Waals surface area contributed by atoms with E-state index < -0.39 is 43.6 Å². The normalized spacial score (nSPS) is 27.0. The molecule has 39 heavy (non-hydrogen) atoms. The first-order valence-corrected chi connectivity index (χ1v) is 13.9. The number of imidazole rings is 1. The molecule has 0 bridgehead atoms. The number of nitrogens with one attached hydrogen (secondary N) is 1. The third-order valence-corrected chi connectivity index (χ3v) is 8.27. The summed E-state index contributed by atoms with van der Waals surface area (Å²) in [6.45, 7) is 2.98. The first kappa shape index (κ1) is 28.9. The number of aromatic nitrogens is 4. The van der Waals surface area contributed by atoms with E-state index in [4.69, 9.17) is 40.6 Å². The highest BCUT2D eigenvalue weighted by atomic mass is 35.5. The molecule has 2 aromatic rings. The van der Waals surface area contributed by atoms with Crippen LogP contribution in [0, 0.1) is 16.7 Å². The minimum absolute atomic E-state index is 0.0329. The third-order valence-electron chi connectivity index (χ3n) is 6.25. The van der Waals surface area contributed by atoms with Crippen molar-refractivity contribution in [3.05, 3.63) is 29.6 Å². The van der Waals surface area contributed by atoms with Crippen molar-refractivity contribution in [2.24, 2.45) is 5.41 Å². The highest BCUT2D eigenvalue weighted by Gasteiger charge is 2.48. The van der Waals surface area contributed by atoms with Gasteiger partial charge in [0.25, 0.3) is 0 Å². The lowest BCUT2D eigenvalue weighted by atomic mass is 9.87. The number of allylic oxidation sites excluding steroid dienone is 2. The maximum absolute atomic E-state index is 13.7. The Morgan fingerprint density at radius 3 is 2.87 bits per heavy atom. The maximum Gasteiger partial charge on any atom is 0.406 e. The number of nitrogens with two attached hydrogens (primary N) is 1. The van der Waals surface area contributed by atoms with Crippen LogP contribution in [0.5, 0.6) is 5.88 Å². The summed E-state index contributed by atoms with van der Waals surface area (Å²) in [7, 11) is -1.43. The number of rotatable bonds is 10. The number of nitrogen functional groups attached to an aromatic ring is 1. The van der Waals surface area contributed by atoms with Gasteiger partial charge in [0, 0.05) is 5.03 Å². The molecule has 1 fully saturated rings. The van der Waals surface area contributed by atoms with Gasteiger partial charge in [0.1, 0.15) is 11.5 Å². The fraction of sp³-hybridized carbons (Fsp3) is 0.522. The molecule has 6 atom stereocenters. The van der Waals surface area contributed by atoms with Crippen molar-refractivity contribution in [1.82, 2.24) is 24.6 Å². The second-order valence-electron chi connectivity index (χ2n) is 9.25. The van der Waals surface area contributed by atoms with Crippen LogP contribution in [0.25, 0.3) is 11.2 Å². The van der Waals surface area contributed by atoms with Gasteiger partial charge >= 0.3 is 13.7 Å². The van der Waals surface area contributed by atoms with Crippen LogP contribution >= 0.6 is 19.3 Å². The Morgan fingerprint density at radius 2 is 2.23 bits per heavy atom. The minimum atomic E-state index is -4.08. The number of nitriles is 1. The Morgan fingerprint density at radius 1 is 1.46 bits per heavy atom. The molecule has 4 rings (SSSR count). The lowest BCUT2D eigenvalue weighted by Gasteiger charge is -2.26. The molecule has 1 aliphatic carbocycles. The molecule has 2 aromatic heterocycles. The average molecular weight is 582 g/mol. The molecule has 0 radical (unpaired) electrons. The second-order valence-corrected chi connectivity index (χ2v) is 11.4. The zero-order valence-corrected chi connectivity index (χ0v) is 23.4. The number of halogens is 1. The number of hydrogen-bond acceptors (Lipinski definition) is 12. The van der Waals surface area contributed by atoms with Crippen LogP contribution in [0.3, 0.4) is 0 Å². The average Bonchev–Trinajstić information content (AvgIpc) is 3.48. The fourth-order valence-electron chi connectivity index (χ4n) is 4.32. The quantitative estimate of drug-likeness (QED) is 0.308. The predicted octanol–water partition coefficient (Wildman–Crippen LogP) is 2.98. The van der Waals surface area contributed by atoms with Crippen molar-refractivity contribution >= 4 is 42.4 Å². The Hall–Kier alpha value is -3.05. The Bertz CT molecular complexity index is 1390. The second kappa shape index (κ2) is 11.6. The number of ether oxygens (including phenoxy) is 3. The molecule has 16 heteroatoms. The molecule has 0 spiro atoms. The van der Waals surface area contributed by atoms with Gasteiger partial charge < -0.3 is 19.9 Å². The summed E-state index contributed by atoms with van der Waals surface area (Å²) in [5.74, 6) is -0.499. The van der Waals surface area contributed by atoms with E-state index in [0.29, 0.717) is 22.6 Å². The molecule has 0 saturated carbocycles. The van der Waals surface area contributed by atoms with E-state index in [1.165, 1.54) is 27.5 Å². The maximum atomic E-state index is 13.7. The van der Waals surface area contributed by atoms with Crippen LogP contribution in [0.2, 0.25) is 0 Å². The van der Waals surface area contributed by atoms with Gasteiger partial charge in [-0.05, 0) is 32.8 Å². The van der Waals surface area contributed by atoms with E-state index in [1.807, 2.05) is 0 Å². The molecule has 0 amide bonds. The topological polar surface area (TPSA) is 186 Å². The highest BCUT2D eigenvalue weighted by Crippen LogP contribution is 2.50. The van der Waals surface area contributed by atoms with Gasteiger partial charge in [-0.3, -0.25) is 18.4 Å². The summed E-state index contributed by atoms with van der Waals surface area (Å²) in [5, 5.41) is 13.2. The number of hydrogen-bond donors (Lipinski definition) is 2. The molecular formula is C23H29ClN7O7P.